The number of aromatic nitrogens is 1. The zero-order chi connectivity index (χ0) is 20.2. The van der Waals surface area contributed by atoms with Crippen LogP contribution in [-0.4, -0.2) is 29.4 Å². The molecule has 2 amide bonds. The van der Waals surface area contributed by atoms with E-state index in [1.165, 1.54) is 0 Å². The van der Waals surface area contributed by atoms with E-state index in [2.05, 4.69) is 15.6 Å². The number of pyridine rings is 1. The van der Waals surface area contributed by atoms with Crippen molar-refractivity contribution in [1.29, 1.82) is 0 Å². The van der Waals surface area contributed by atoms with E-state index in [9.17, 15) is 9.59 Å². The third-order valence-corrected chi connectivity index (χ3v) is 4.06. The average Bonchev–Trinajstić information content (AvgIpc) is 2.60. The second kappa shape index (κ2) is 8.20. The predicted molar refractivity (Wildman–Crippen MR) is 105 cm³/mol. The van der Waals surface area contributed by atoms with Crippen LogP contribution in [-0.2, 0) is 6.54 Å². The van der Waals surface area contributed by atoms with Crippen molar-refractivity contribution in [2.75, 3.05) is 7.11 Å². The number of ether oxygens (including phenoxy) is 1. The first-order valence-electron chi connectivity index (χ1n) is 8.82. The van der Waals surface area contributed by atoms with Crippen LogP contribution in [0.4, 0.5) is 0 Å². The molecule has 0 saturated carbocycles. The van der Waals surface area contributed by atoms with Gasteiger partial charge in [0, 0.05) is 34.0 Å². The van der Waals surface area contributed by atoms with Gasteiger partial charge in [0.1, 0.15) is 5.75 Å². The molecule has 0 fully saturated rings. The lowest BCUT2D eigenvalue weighted by Crippen LogP contribution is -2.40. The average molecular weight is 369 g/mol. The highest BCUT2D eigenvalue weighted by atomic mass is 16.5. The molecule has 144 valence electrons. The van der Waals surface area contributed by atoms with Gasteiger partial charge in [0.05, 0.1) is 19.3 Å². The summed E-state index contributed by atoms with van der Waals surface area (Å²) in [6.45, 7) is 9.91. The van der Waals surface area contributed by atoms with E-state index >= 15 is 0 Å². The Labute approximate surface area is 160 Å². The number of carbonyl (C=O) groups excluding carboxylic acids is 2. The quantitative estimate of drug-likeness (QED) is 0.848. The molecule has 2 N–H and O–H groups in total. The standard InChI is InChI=1S/C21H27N3O3/c1-13-11-22-17(14(2)18(13)27-6)12-23-19(25)15-7-9-16(10-8-15)20(26)24-21(3,4)5/h7-11H,12H2,1-6H3,(H,23,25)(H,24,26). The molecule has 0 aliphatic carbocycles. The van der Waals surface area contributed by atoms with E-state index in [0.29, 0.717) is 17.7 Å². The number of rotatable bonds is 5. The molecule has 1 aromatic heterocycles. The van der Waals surface area contributed by atoms with Crippen molar-refractivity contribution in [3.05, 3.63) is 58.4 Å². The number of hydrogen-bond donors (Lipinski definition) is 2. The summed E-state index contributed by atoms with van der Waals surface area (Å²) >= 11 is 0. The summed E-state index contributed by atoms with van der Waals surface area (Å²) in [5.41, 5.74) is 3.31. The molecule has 0 atom stereocenters. The van der Waals surface area contributed by atoms with Gasteiger partial charge in [-0.15, -0.1) is 0 Å². The number of hydrogen-bond acceptors (Lipinski definition) is 4. The molecular formula is C21H27N3O3. The minimum atomic E-state index is -0.312. The van der Waals surface area contributed by atoms with Crippen molar-refractivity contribution in [3.8, 4) is 5.75 Å². The summed E-state index contributed by atoms with van der Waals surface area (Å²) < 4.78 is 5.39. The van der Waals surface area contributed by atoms with Gasteiger partial charge in [0.2, 0.25) is 0 Å². The lowest BCUT2D eigenvalue weighted by Gasteiger charge is -2.20. The Morgan fingerprint density at radius 2 is 1.59 bits per heavy atom. The number of carbonyl (C=O) groups is 2. The van der Waals surface area contributed by atoms with Crippen LogP contribution in [0.15, 0.2) is 30.5 Å². The maximum absolute atomic E-state index is 12.4. The van der Waals surface area contributed by atoms with Gasteiger partial charge in [0.15, 0.2) is 0 Å². The normalized spacial score (nSPS) is 11.0. The lowest BCUT2D eigenvalue weighted by atomic mass is 10.1. The summed E-state index contributed by atoms with van der Waals surface area (Å²) in [6, 6.07) is 6.58. The minimum Gasteiger partial charge on any atom is -0.496 e. The molecular weight excluding hydrogens is 342 g/mol. The van der Waals surface area contributed by atoms with Gasteiger partial charge in [-0.2, -0.15) is 0 Å². The molecule has 0 aliphatic heterocycles. The van der Waals surface area contributed by atoms with Crippen LogP contribution in [0.25, 0.3) is 0 Å². The molecule has 0 radical (unpaired) electrons. The largest absolute Gasteiger partial charge is 0.496 e. The fraction of sp³-hybridized carbons (Fsp3) is 0.381. The Balaban J connectivity index is 2.04. The number of nitrogens with zero attached hydrogens (tertiary/aromatic N) is 1. The first-order valence-corrected chi connectivity index (χ1v) is 8.82. The monoisotopic (exact) mass is 369 g/mol. The molecule has 0 bridgehead atoms. The second-order valence-corrected chi connectivity index (χ2v) is 7.51. The van der Waals surface area contributed by atoms with Gasteiger partial charge in [0.25, 0.3) is 11.8 Å². The van der Waals surface area contributed by atoms with Crippen LogP contribution in [0.2, 0.25) is 0 Å². The highest BCUT2D eigenvalue weighted by Gasteiger charge is 2.16. The van der Waals surface area contributed by atoms with E-state index in [-0.39, 0.29) is 17.4 Å². The number of amides is 2. The van der Waals surface area contributed by atoms with Crippen LogP contribution < -0.4 is 15.4 Å². The van der Waals surface area contributed by atoms with Gasteiger partial charge >= 0.3 is 0 Å². The van der Waals surface area contributed by atoms with E-state index in [1.54, 1.807) is 37.6 Å². The summed E-state index contributed by atoms with van der Waals surface area (Å²) in [4.78, 5) is 28.9. The topological polar surface area (TPSA) is 80.3 Å². The maximum atomic E-state index is 12.4. The fourth-order valence-corrected chi connectivity index (χ4v) is 2.70. The zero-order valence-electron chi connectivity index (χ0n) is 16.8. The molecule has 2 rings (SSSR count). The van der Waals surface area contributed by atoms with E-state index in [1.807, 2.05) is 34.6 Å². The maximum Gasteiger partial charge on any atom is 0.251 e. The smallest absolute Gasteiger partial charge is 0.251 e. The van der Waals surface area contributed by atoms with E-state index in [0.717, 1.165) is 22.6 Å². The van der Waals surface area contributed by atoms with Crippen LogP contribution in [0, 0.1) is 13.8 Å². The zero-order valence-corrected chi connectivity index (χ0v) is 16.8. The number of methoxy groups -OCH3 is 1. The summed E-state index contributed by atoms with van der Waals surface area (Å²) in [6.07, 6.45) is 1.73. The minimum absolute atomic E-state index is 0.166. The van der Waals surface area contributed by atoms with Gasteiger partial charge in [-0.1, -0.05) is 0 Å². The summed E-state index contributed by atoms with van der Waals surface area (Å²) in [7, 11) is 1.62. The van der Waals surface area contributed by atoms with Crippen molar-refractivity contribution < 1.29 is 14.3 Å². The van der Waals surface area contributed by atoms with Gasteiger partial charge in [-0.05, 0) is 58.9 Å². The molecule has 6 heteroatoms. The van der Waals surface area contributed by atoms with Crippen molar-refractivity contribution in [3.63, 3.8) is 0 Å². The first-order chi connectivity index (χ1) is 12.6. The molecule has 0 unspecified atom stereocenters. The molecule has 0 aliphatic rings. The summed E-state index contributed by atoms with van der Waals surface area (Å²) in [5, 5.41) is 5.75. The third kappa shape index (κ3) is 5.29. The lowest BCUT2D eigenvalue weighted by molar-refractivity contribution is 0.0915. The highest BCUT2D eigenvalue weighted by Crippen LogP contribution is 2.23. The highest BCUT2D eigenvalue weighted by molar-refractivity contribution is 5.98. The van der Waals surface area contributed by atoms with Crippen molar-refractivity contribution >= 4 is 11.8 Å². The molecule has 0 saturated heterocycles. The predicted octanol–water partition coefficient (Wildman–Crippen LogP) is 3.17. The van der Waals surface area contributed by atoms with Gasteiger partial charge in [-0.25, -0.2) is 0 Å². The summed E-state index contributed by atoms with van der Waals surface area (Å²) in [5.74, 6) is 0.392. The van der Waals surface area contributed by atoms with Crippen LogP contribution in [0.1, 0.15) is 58.3 Å². The molecule has 0 spiro atoms. The Bertz CT molecular complexity index is 837. The van der Waals surface area contributed by atoms with E-state index < -0.39 is 0 Å². The second-order valence-electron chi connectivity index (χ2n) is 7.51. The fourth-order valence-electron chi connectivity index (χ4n) is 2.70. The van der Waals surface area contributed by atoms with E-state index in [4.69, 9.17) is 4.74 Å². The Morgan fingerprint density at radius 3 is 2.11 bits per heavy atom. The Morgan fingerprint density at radius 1 is 1.04 bits per heavy atom. The molecule has 1 heterocycles. The Hall–Kier alpha value is -2.89. The van der Waals surface area contributed by atoms with Crippen molar-refractivity contribution in [2.24, 2.45) is 0 Å². The number of nitrogens with one attached hydrogen (secondary N) is 2. The number of benzene rings is 1. The van der Waals surface area contributed by atoms with Crippen LogP contribution >= 0.6 is 0 Å². The molecule has 2 aromatic rings. The van der Waals surface area contributed by atoms with Crippen LogP contribution in [0.5, 0.6) is 5.75 Å². The molecule has 27 heavy (non-hydrogen) atoms. The first kappa shape index (κ1) is 20.4. The van der Waals surface area contributed by atoms with Gasteiger partial charge < -0.3 is 15.4 Å². The van der Waals surface area contributed by atoms with Crippen molar-refractivity contribution in [1.82, 2.24) is 15.6 Å². The van der Waals surface area contributed by atoms with Crippen LogP contribution in [0.3, 0.4) is 0 Å². The third-order valence-electron chi connectivity index (χ3n) is 4.06. The Kier molecular flexibility index (Phi) is 6.20. The van der Waals surface area contributed by atoms with Gasteiger partial charge in [-0.3, -0.25) is 14.6 Å². The SMILES string of the molecule is COc1c(C)cnc(CNC(=O)c2ccc(C(=O)NC(C)(C)C)cc2)c1C. The molecule has 6 nitrogen and oxygen atoms in total. The number of aryl methyl sites for hydroxylation is 1. The molecule has 1 aromatic carbocycles. The van der Waals surface area contributed by atoms with Crippen molar-refractivity contribution in [2.45, 2.75) is 46.7 Å².